The van der Waals surface area contributed by atoms with Crippen LogP contribution in [0.15, 0.2) is 12.3 Å². The van der Waals surface area contributed by atoms with Gasteiger partial charge in [-0.1, -0.05) is 0 Å². The Morgan fingerprint density at radius 3 is 3.00 bits per heavy atom. The first-order chi connectivity index (χ1) is 4.97. The van der Waals surface area contributed by atoms with Crippen LogP contribution in [0, 0.1) is 6.07 Å². The summed E-state index contributed by atoms with van der Waals surface area (Å²) < 4.78 is 0. The third kappa shape index (κ3) is 0.680. The summed E-state index contributed by atoms with van der Waals surface area (Å²) >= 11 is 0. The average molecular weight is 132 g/mol. The van der Waals surface area contributed by atoms with Gasteiger partial charge in [-0.15, -0.1) is 10.2 Å². The van der Waals surface area contributed by atoms with Crippen LogP contribution >= 0.6 is 0 Å². The molecule has 0 fully saturated rings. The van der Waals surface area contributed by atoms with E-state index in [-0.39, 0.29) is 0 Å². The first-order valence-corrected chi connectivity index (χ1v) is 2.65. The summed E-state index contributed by atoms with van der Waals surface area (Å²) in [5.74, 6) is 0. The molecule has 0 aliphatic heterocycles. The smallest absolute Gasteiger partial charge is 0.204 e. The molecule has 0 spiro atoms. The van der Waals surface area contributed by atoms with Crippen molar-refractivity contribution in [2.75, 3.05) is 0 Å². The van der Waals surface area contributed by atoms with Gasteiger partial charge in [-0.2, -0.15) is 0 Å². The Morgan fingerprint density at radius 1 is 1.20 bits per heavy atom. The monoisotopic (exact) mass is 132 g/mol. The molecule has 0 unspecified atom stereocenters. The van der Waals surface area contributed by atoms with Gasteiger partial charge in [0, 0.05) is 12.3 Å². The van der Waals surface area contributed by atoms with E-state index in [1.165, 1.54) is 0 Å². The SMILES string of the molecule is [c]1ccnc2nnnnc12. The Bertz CT molecular complexity index is 281. The highest BCUT2D eigenvalue weighted by atomic mass is 15.4. The van der Waals surface area contributed by atoms with E-state index in [0.29, 0.717) is 11.2 Å². The third-order valence-electron chi connectivity index (χ3n) is 1.03. The highest BCUT2D eigenvalue weighted by Crippen LogP contribution is 1.97. The largest absolute Gasteiger partial charge is 0.234 e. The van der Waals surface area contributed by atoms with Crippen LogP contribution in [0.2, 0.25) is 0 Å². The second-order valence-corrected chi connectivity index (χ2v) is 1.64. The van der Waals surface area contributed by atoms with Gasteiger partial charge in [0.25, 0.3) is 0 Å². The second kappa shape index (κ2) is 1.94. The van der Waals surface area contributed by atoms with Gasteiger partial charge >= 0.3 is 0 Å². The summed E-state index contributed by atoms with van der Waals surface area (Å²) in [6.07, 6.45) is 1.58. The second-order valence-electron chi connectivity index (χ2n) is 1.64. The summed E-state index contributed by atoms with van der Waals surface area (Å²) in [4.78, 5) is 3.87. The van der Waals surface area contributed by atoms with Crippen LogP contribution in [0.3, 0.4) is 0 Å². The maximum atomic E-state index is 3.87. The lowest BCUT2D eigenvalue weighted by molar-refractivity contribution is 0.790. The van der Waals surface area contributed by atoms with Crippen molar-refractivity contribution in [3.8, 4) is 0 Å². The zero-order valence-electron chi connectivity index (χ0n) is 4.89. The van der Waals surface area contributed by atoms with Gasteiger partial charge in [-0.25, -0.2) is 4.98 Å². The van der Waals surface area contributed by atoms with Crippen molar-refractivity contribution >= 4 is 11.2 Å². The van der Waals surface area contributed by atoms with E-state index in [9.17, 15) is 0 Å². The zero-order chi connectivity index (χ0) is 6.81. The van der Waals surface area contributed by atoms with Gasteiger partial charge in [0.1, 0.15) is 5.52 Å². The van der Waals surface area contributed by atoms with E-state index in [2.05, 4.69) is 31.7 Å². The first-order valence-electron chi connectivity index (χ1n) is 2.65. The molecule has 1 radical (unpaired) electrons. The van der Waals surface area contributed by atoms with Crippen molar-refractivity contribution in [1.82, 2.24) is 25.6 Å². The minimum absolute atomic E-state index is 0.470. The molecule has 5 nitrogen and oxygen atoms in total. The number of aromatic nitrogens is 5. The van der Waals surface area contributed by atoms with Crippen LogP contribution in [0.5, 0.6) is 0 Å². The Morgan fingerprint density at radius 2 is 2.10 bits per heavy atom. The Balaban J connectivity index is 2.89. The molecular weight excluding hydrogens is 130 g/mol. The minimum Gasteiger partial charge on any atom is -0.234 e. The molecule has 10 heavy (non-hydrogen) atoms. The summed E-state index contributed by atoms with van der Waals surface area (Å²) in [5, 5.41) is 13.9. The first kappa shape index (κ1) is 5.16. The normalized spacial score (nSPS) is 10.0. The van der Waals surface area contributed by atoms with Crippen molar-refractivity contribution in [2.24, 2.45) is 0 Å². The minimum atomic E-state index is 0.470. The molecule has 0 amide bonds. The van der Waals surface area contributed by atoms with E-state index in [1.54, 1.807) is 12.3 Å². The maximum absolute atomic E-state index is 3.87. The van der Waals surface area contributed by atoms with Gasteiger partial charge in [-0.3, -0.25) is 0 Å². The van der Waals surface area contributed by atoms with Crippen LogP contribution in [0.4, 0.5) is 0 Å². The van der Waals surface area contributed by atoms with Crippen LogP contribution in [-0.2, 0) is 0 Å². The Labute approximate surface area is 56.1 Å². The fraction of sp³-hybridized carbons (Fsp3) is 0. The van der Waals surface area contributed by atoms with Gasteiger partial charge in [0.15, 0.2) is 0 Å². The summed E-state index contributed by atoms with van der Waals surface area (Å²) in [6.45, 7) is 0. The van der Waals surface area contributed by atoms with Gasteiger partial charge in [-0.05, 0) is 16.5 Å². The molecule has 2 rings (SSSR count). The molecule has 0 aromatic carbocycles. The molecule has 47 valence electrons. The molecule has 0 saturated carbocycles. The molecule has 0 atom stereocenters. The highest BCUT2D eigenvalue weighted by Gasteiger charge is 1.93. The van der Waals surface area contributed by atoms with Crippen molar-refractivity contribution < 1.29 is 0 Å². The predicted molar refractivity (Wildman–Crippen MR) is 31.8 cm³/mol. The summed E-state index contributed by atoms with van der Waals surface area (Å²) in [6, 6.07) is 4.46. The number of pyridine rings is 1. The zero-order valence-corrected chi connectivity index (χ0v) is 4.89. The van der Waals surface area contributed by atoms with Crippen molar-refractivity contribution in [2.45, 2.75) is 0 Å². The van der Waals surface area contributed by atoms with E-state index < -0.39 is 0 Å². The fourth-order valence-corrected chi connectivity index (χ4v) is 0.624. The molecule has 2 aromatic heterocycles. The molecule has 0 aliphatic rings. The molecule has 0 aliphatic carbocycles. The lowest BCUT2D eigenvalue weighted by Crippen LogP contribution is -1.93. The van der Waals surface area contributed by atoms with E-state index >= 15 is 0 Å². The summed E-state index contributed by atoms with van der Waals surface area (Å²) in [7, 11) is 0. The van der Waals surface area contributed by atoms with E-state index in [4.69, 9.17) is 0 Å². The molecule has 0 bridgehead atoms. The summed E-state index contributed by atoms with van der Waals surface area (Å²) in [5.41, 5.74) is 1.01. The van der Waals surface area contributed by atoms with Crippen molar-refractivity contribution in [3.05, 3.63) is 18.3 Å². The topological polar surface area (TPSA) is 64.5 Å². The molecule has 0 N–H and O–H groups in total. The number of fused-ring (bicyclic) bond motifs is 1. The highest BCUT2D eigenvalue weighted by molar-refractivity contribution is 5.66. The molecular formula is C5H2N5. The lowest BCUT2D eigenvalue weighted by Gasteiger charge is -1.86. The quantitative estimate of drug-likeness (QED) is 0.488. The lowest BCUT2D eigenvalue weighted by atomic mass is 10.4. The predicted octanol–water partition coefficient (Wildman–Crippen LogP) is -0.385. The van der Waals surface area contributed by atoms with Crippen LogP contribution in [-0.4, -0.2) is 25.6 Å². The average Bonchev–Trinajstić information content (AvgIpc) is 2.05. The van der Waals surface area contributed by atoms with E-state index in [1.807, 2.05) is 0 Å². The molecule has 2 aromatic rings. The van der Waals surface area contributed by atoms with Crippen molar-refractivity contribution in [1.29, 1.82) is 0 Å². The van der Waals surface area contributed by atoms with Crippen LogP contribution in [0.1, 0.15) is 0 Å². The molecule has 5 heteroatoms. The number of hydrogen-bond acceptors (Lipinski definition) is 5. The standard InChI is InChI=1S/C5H2N5/c1-2-4-5(6-3-1)8-10-9-7-4/h1,3H. The number of rotatable bonds is 0. The van der Waals surface area contributed by atoms with Crippen molar-refractivity contribution in [3.63, 3.8) is 0 Å². The van der Waals surface area contributed by atoms with Gasteiger partial charge in [0.2, 0.25) is 5.65 Å². The third-order valence-corrected chi connectivity index (χ3v) is 1.03. The Hall–Kier alpha value is -1.65. The Kier molecular flexibility index (Phi) is 1.00. The molecule has 0 saturated heterocycles. The van der Waals surface area contributed by atoms with E-state index in [0.717, 1.165) is 0 Å². The van der Waals surface area contributed by atoms with Gasteiger partial charge in [0.05, 0.1) is 0 Å². The number of hydrogen-bond donors (Lipinski definition) is 0. The fourth-order valence-electron chi connectivity index (χ4n) is 0.624. The van der Waals surface area contributed by atoms with Gasteiger partial charge < -0.3 is 0 Å². The maximum Gasteiger partial charge on any atom is 0.204 e. The van der Waals surface area contributed by atoms with Crippen LogP contribution in [0.25, 0.3) is 11.2 Å². The van der Waals surface area contributed by atoms with Crippen LogP contribution < -0.4 is 0 Å². The molecule has 2 heterocycles. The number of nitrogens with zero attached hydrogens (tertiary/aromatic N) is 5.